The highest BCUT2D eigenvalue weighted by molar-refractivity contribution is 5.99. The number of piperidine rings is 1. The maximum Gasteiger partial charge on any atom is 0.260 e. The van der Waals surface area contributed by atoms with Crippen LogP contribution in [0.25, 0.3) is 0 Å². The van der Waals surface area contributed by atoms with E-state index in [1.54, 1.807) is 23.1 Å². The van der Waals surface area contributed by atoms with Gasteiger partial charge in [0, 0.05) is 19.1 Å². The fourth-order valence-electron chi connectivity index (χ4n) is 3.48. The van der Waals surface area contributed by atoms with Gasteiger partial charge in [-0.15, -0.1) is 0 Å². The second kappa shape index (κ2) is 10.0. The molecule has 30 heavy (non-hydrogen) atoms. The van der Waals surface area contributed by atoms with Crippen molar-refractivity contribution in [3.8, 4) is 17.2 Å². The van der Waals surface area contributed by atoms with Crippen molar-refractivity contribution in [2.24, 2.45) is 0 Å². The van der Waals surface area contributed by atoms with Gasteiger partial charge in [-0.25, -0.2) is 0 Å². The molecular formula is C23H28N2O5. The van der Waals surface area contributed by atoms with Crippen LogP contribution in [0.5, 0.6) is 17.2 Å². The lowest BCUT2D eigenvalue weighted by Gasteiger charge is -2.32. The molecule has 1 aliphatic heterocycles. The molecule has 7 heteroatoms. The van der Waals surface area contributed by atoms with Crippen LogP contribution in [0, 0.1) is 6.92 Å². The standard InChI is InChI=1S/C23H28N2O5/c1-16-7-9-18(10-8-16)30-15-21(26)25-13-11-17(12-14-25)24-23(27)22-19(28-2)5-4-6-20(22)29-3/h4-10,17H,11-15H2,1-3H3,(H,24,27). The quantitative estimate of drug-likeness (QED) is 0.757. The average molecular weight is 412 g/mol. The lowest BCUT2D eigenvalue weighted by Crippen LogP contribution is -2.47. The topological polar surface area (TPSA) is 77.1 Å². The third-order valence-corrected chi connectivity index (χ3v) is 5.22. The van der Waals surface area contributed by atoms with E-state index >= 15 is 0 Å². The van der Waals surface area contributed by atoms with Crippen LogP contribution >= 0.6 is 0 Å². The van der Waals surface area contributed by atoms with Crippen molar-refractivity contribution in [1.29, 1.82) is 0 Å². The third-order valence-electron chi connectivity index (χ3n) is 5.22. The van der Waals surface area contributed by atoms with Gasteiger partial charge in [0.25, 0.3) is 11.8 Å². The van der Waals surface area contributed by atoms with Crippen LogP contribution in [0.4, 0.5) is 0 Å². The van der Waals surface area contributed by atoms with Gasteiger partial charge < -0.3 is 24.4 Å². The number of carbonyl (C=O) groups is 2. The van der Waals surface area contributed by atoms with E-state index < -0.39 is 0 Å². The van der Waals surface area contributed by atoms with Gasteiger partial charge in [0.1, 0.15) is 22.8 Å². The van der Waals surface area contributed by atoms with E-state index in [0.717, 1.165) is 5.56 Å². The maximum absolute atomic E-state index is 12.8. The number of benzene rings is 2. The zero-order valence-corrected chi connectivity index (χ0v) is 17.6. The molecule has 1 fully saturated rings. The number of amides is 2. The number of likely N-dealkylation sites (tertiary alicyclic amines) is 1. The Kier molecular flexibility index (Phi) is 7.17. The highest BCUT2D eigenvalue weighted by Crippen LogP contribution is 2.28. The molecule has 1 N–H and O–H groups in total. The molecule has 0 unspecified atom stereocenters. The third kappa shape index (κ3) is 5.23. The summed E-state index contributed by atoms with van der Waals surface area (Å²) in [5, 5.41) is 3.04. The fraction of sp³-hybridized carbons (Fsp3) is 0.391. The molecule has 0 spiro atoms. The van der Waals surface area contributed by atoms with Crippen LogP contribution in [0.2, 0.25) is 0 Å². The Labute approximate surface area is 176 Å². The van der Waals surface area contributed by atoms with Crippen LogP contribution in [0.3, 0.4) is 0 Å². The van der Waals surface area contributed by atoms with Crippen LogP contribution in [0.15, 0.2) is 42.5 Å². The van der Waals surface area contributed by atoms with Crippen LogP contribution in [-0.4, -0.2) is 56.7 Å². The number of aryl methyl sites for hydroxylation is 1. The number of hydrogen-bond acceptors (Lipinski definition) is 5. The van der Waals surface area contributed by atoms with E-state index in [9.17, 15) is 9.59 Å². The van der Waals surface area contributed by atoms with Crippen LogP contribution in [0.1, 0.15) is 28.8 Å². The molecule has 0 radical (unpaired) electrons. The first-order chi connectivity index (χ1) is 14.5. The molecule has 0 bridgehead atoms. The zero-order valence-electron chi connectivity index (χ0n) is 17.6. The first-order valence-electron chi connectivity index (χ1n) is 10.0. The normalized spacial score (nSPS) is 14.2. The molecule has 0 atom stereocenters. The summed E-state index contributed by atoms with van der Waals surface area (Å²) < 4.78 is 16.2. The van der Waals surface area contributed by atoms with Gasteiger partial charge in [-0.05, 0) is 44.0 Å². The lowest BCUT2D eigenvalue weighted by atomic mass is 10.0. The summed E-state index contributed by atoms with van der Waals surface area (Å²) in [7, 11) is 3.04. The summed E-state index contributed by atoms with van der Waals surface area (Å²) in [5.41, 5.74) is 1.52. The minimum Gasteiger partial charge on any atom is -0.496 e. The Morgan fingerprint density at radius 3 is 2.17 bits per heavy atom. The van der Waals surface area contributed by atoms with Gasteiger partial charge >= 0.3 is 0 Å². The first kappa shape index (κ1) is 21.5. The van der Waals surface area contributed by atoms with E-state index in [4.69, 9.17) is 14.2 Å². The Morgan fingerprint density at radius 2 is 1.60 bits per heavy atom. The highest BCUT2D eigenvalue weighted by Gasteiger charge is 2.26. The highest BCUT2D eigenvalue weighted by atomic mass is 16.5. The maximum atomic E-state index is 12.8. The van der Waals surface area contributed by atoms with Gasteiger partial charge in [0.05, 0.1) is 14.2 Å². The average Bonchev–Trinajstić information content (AvgIpc) is 2.78. The summed E-state index contributed by atoms with van der Waals surface area (Å²) in [6.07, 6.45) is 1.36. The molecule has 7 nitrogen and oxygen atoms in total. The van der Waals surface area contributed by atoms with Crippen molar-refractivity contribution in [3.63, 3.8) is 0 Å². The van der Waals surface area contributed by atoms with E-state index in [-0.39, 0.29) is 24.5 Å². The SMILES string of the molecule is COc1cccc(OC)c1C(=O)NC1CCN(C(=O)COc2ccc(C)cc2)CC1. The molecule has 1 saturated heterocycles. The molecule has 0 saturated carbocycles. The summed E-state index contributed by atoms with van der Waals surface area (Å²) >= 11 is 0. The molecule has 0 aromatic heterocycles. The van der Waals surface area contributed by atoms with E-state index in [2.05, 4.69) is 5.32 Å². The summed E-state index contributed by atoms with van der Waals surface area (Å²) in [5.74, 6) is 1.32. The predicted molar refractivity (Wildman–Crippen MR) is 113 cm³/mol. The Morgan fingerprint density at radius 1 is 1.00 bits per heavy atom. The van der Waals surface area contributed by atoms with Crippen molar-refractivity contribution in [1.82, 2.24) is 10.2 Å². The number of nitrogens with one attached hydrogen (secondary N) is 1. The number of hydrogen-bond donors (Lipinski definition) is 1. The van der Waals surface area contributed by atoms with Gasteiger partial charge in [0.2, 0.25) is 0 Å². The molecule has 1 heterocycles. The fourth-order valence-corrected chi connectivity index (χ4v) is 3.48. The molecule has 2 amide bonds. The number of carbonyl (C=O) groups excluding carboxylic acids is 2. The van der Waals surface area contributed by atoms with Gasteiger partial charge in [-0.2, -0.15) is 0 Å². The van der Waals surface area contributed by atoms with Crippen LogP contribution in [-0.2, 0) is 4.79 Å². The Balaban J connectivity index is 1.50. The first-order valence-corrected chi connectivity index (χ1v) is 10.0. The largest absolute Gasteiger partial charge is 0.496 e. The van der Waals surface area contributed by atoms with Crippen LogP contribution < -0.4 is 19.5 Å². The minimum absolute atomic E-state index is 0.0124. The van der Waals surface area contributed by atoms with E-state index in [0.29, 0.717) is 48.7 Å². The molecule has 2 aromatic rings. The van der Waals surface area contributed by atoms with Gasteiger partial charge in [-0.1, -0.05) is 23.8 Å². The number of rotatable bonds is 7. The monoisotopic (exact) mass is 412 g/mol. The zero-order chi connectivity index (χ0) is 21.5. The smallest absolute Gasteiger partial charge is 0.260 e. The number of methoxy groups -OCH3 is 2. The molecule has 3 rings (SSSR count). The van der Waals surface area contributed by atoms with E-state index in [1.165, 1.54) is 14.2 Å². The Hall–Kier alpha value is -3.22. The summed E-state index contributed by atoms with van der Waals surface area (Å²) in [6.45, 7) is 3.16. The van der Waals surface area contributed by atoms with Gasteiger partial charge in [-0.3, -0.25) is 9.59 Å². The second-order valence-electron chi connectivity index (χ2n) is 7.27. The van der Waals surface area contributed by atoms with Crippen molar-refractivity contribution in [2.75, 3.05) is 33.9 Å². The molecule has 2 aromatic carbocycles. The van der Waals surface area contributed by atoms with E-state index in [1.807, 2.05) is 31.2 Å². The predicted octanol–water partition coefficient (Wildman–Crippen LogP) is 2.81. The summed E-state index contributed by atoms with van der Waals surface area (Å²) in [4.78, 5) is 27.0. The second-order valence-corrected chi connectivity index (χ2v) is 7.27. The van der Waals surface area contributed by atoms with Crippen molar-refractivity contribution < 1.29 is 23.8 Å². The molecule has 160 valence electrons. The van der Waals surface area contributed by atoms with Crippen molar-refractivity contribution >= 4 is 11.8 Å². The lowest BCUT2D eigenvalue weighted by molar-refractivity contribution is -0.134. The number of nitrogens with zero attached hydrogens (tertiary/aromatic N) is 1. The minimum atomic E-state index is -0.239. The number of ether oxygens (including phenoxy) is 3. The van der Waals surface area contributed by atoms with Crippen molar-refractivity contribution in [3.05, 3.63) is 53.6 Å². The Bertz CT molecular complexity index is 851. The van der Waals surface area contributed by atoms with Crippen molar-refractivity contribution in [2.45, 2.75) is 25.8 Å². The molecule has 0 aliphatic carbocycles. The van der Waals surface area contributed by atoms with Gasteiger partial charge in [0.15, 0.2) is 6.61 Å². The summed E-state index contributed by atoms with van der Waals surface area (Å²) in [6, 6.07) is 12.8. The molecule has 1 aliphatic rings. The molecular weight excluding hydrogens is 384 g/mol.